The van der Waals surface area contributed by atoms with Gasteiger partial charge in [-0.05, 0) is 31.5 Å². The van der Waals surface area contributed by atoms with E-state index in [0.29, 0.717) is 12.0 Å². The number of carboxylic acid groups (broad SMARTS) is 1. The fraction of sp³-hybridized carbons (Fsp3) is 0.400. The van der Waals surface area contributed by atoms with E-state index in [0.717, 1.165) is 5.56 Å². The van der Waals surface area contributed by atoms with Gasteiger partial charge < -0.3 is 10.0 Å². The second-order valence-electron chi connectivity index (χ2n) is 4.77. The van der Waals surface area contributed by atoms with Crippen LogP contribution in [0.3, 0.4) is 0 Å². The summed E-state index contributed by atoms with van der Waals surface area (Å²) in [6, 6.07) is 8.80. The van der Waals surface area contributed by atoms with Crippen LogP contribution in [0.1, 0.15) is 36.2 Å². The second-order valence-corrected chi connectivity index (χ2v) is 4.77. The van der Waals surface area contributed by atoms with Gasteiger partial charge in [-0.25, -0.2) is 0 Å². The van der Waals surface area contributed by atoms with E-state index in [1.165, 1.54) is 4.90 Å². The summed E-state index contributed by atoms with van der Waals surface area (Å²) in [5.74, 6) is -1.11. The largest absolute Gasteiger partial charge is 0.481 e. The van der Waals surface area contributed by atoms with Gasteiger partial charge >= 0.3 is 5.97 Å². The first kappa shape index (κ1) is 15.7. The SMILES string of the molecule is CC(C)N(CCC(=O)O)C(=O)c1ccc(CC#N)cc1. The van der Waals surface area contributed by atoms with E-state index in [-0.39, 0.29) is 24.9 Å². The minimum atomic E-state index is -0.923. The average Bonchev–Trinajstić information content (AvgIpc) is 2.39. The Morgan fingerprint density at radius 2 is 1.90 bits per heavy atom. The van der Waals surface area contributed by atoms with Gasteiger partial charge in [-0.3, -0.25) is 9.59 Å². The number of nitrogens with zero attached hydrogens (tertiary/aromatic N) is 2. The number of carboxylic acids is 1. The summed E-state index contributed by atoms with van der Waals surface area (Å²) in [7, 11) is 0. The third-order valence-electron chi connectivity index (χ3n) is 2.93. The molecule has 0 unspecified atom stereocenters. The standard InChI is InChI=1S/C15H18N2O3/c1-11(2)17(10-8-14(18)19)15(20)13-5-3-12(4-6-13)7-9-16/h3-6,11H,7-8,10H2,1-2H3,(H,18,19). The topological polar surface area (TPSA) is 81.4 Å². The monoisotopic (exact) mass is 274 g/mol. The quantitative estimate of drug-likeness (QED) is 0.861. The Hall–Kier alpha value is -2.35. The van der Waals surface area contributed by atoms with Crippen LogP contribution in [0.2, 0.25) is 0 Å². The lowest BCUT2D eigenvalue weighted by molar-refractivity contribution is -0.137. The van der Waals surface area contributed by atoms with Gasteiger partial charge in [-0.2, -0.15) is 5.26 Å². The van der Waals surface area contributed by atoms with Crippen molar-refractivity contribution in [1.29, 1.82) is 5.26 Å². The predicted octanol–water partition coefficient (Wildman–Crippen LogP) is 2.08. The van der Waals surface area contributed by atoms with E-state index < -0.39 is 5.97 Å². The van der Waals surface area contributed by atoms with E-state index in [9.17, 15) is 9.59 Å². The van der Waals surface area contributed by atoms with Gasteiger partial charge in [0.15, 0.2) is 0 Å². The van der Waals surface area contributed by atoms with E-state index in [4.69, 9.17) is 10.4 Å². The Kier molecular flexibility index (Phi) is 5.73. The van der Waals surface area contributed by atoms with Crippen LogP contribution >= 0.6 is 0 Å². The number of benzene rings is 1. The number of carbonyl (C=O) groups is 2. The number of rotatable bonds is 6. The molecule has 5 heteroatoms. The molecule has 106 valence electrons. The van der Waals surface area contributed by atoms with Crippen LogP contribution in [-0.4, -0.2) is 34.5 Å². The number of amides is 1. The number of hydrogen-bond acceptors (Lipinski definition) is 3. The van der Waals surface area contributed by atoms with Crippen molar-refractivity contribution < 1.29 is 14.7 Å². The van der Waals surface area contributed by atoms with Crippen LogP contribution in [0.15, 0.2) is 24.3 Å². The first-order chi connectivity index (χ1) is 9.45. The lowest BCUT2D eigenvalue weighted by Gasteiger charge is -2.26. The molecule has 20 heavy (non-hydrogen) atoms. The zero-order chi connectivity index (χ0) is 15.1. The van der Waals surface area contributed by atoms with Crippen molar-refractivity contribution in [3.05, 3.63) is 35.4 Å². The molecule has 1 rings (SSSR count). The summed E-state index contributed by atoms with van der Waals surface area (Å²) in [4.78, 5) is 24.5. The van der Waals surface area contributed by atoms with Gasteiger partial charge in [0.25, 0.3) is 5.91 Å². The normalized spacial score (nSPS) is 10.1. The number of aliphatic carboxylic acids is 1. The molecule has 0 aliphatic rings. The van der Waals surface area contributed by atoms with Crippen molar-refractivity contribution in [2.45, 2.75) is 32.7 Å². The van der Waals surface area contributed by atoms with Gasteiger partial charge in [-0.1, -0.05) is 12.1 Å². The molecular weight excluding hydrogens is 256 g/mol. The molecule has 0 aliphatic heterocycles. The number of carbonyl (C=O) groups excluding carboxylic acids is 1. The Balaban J connectivity index is 2.83. The summed E-state index contributed by atoms with van der Waals surface area (Å²) in [5, 5.41) is 17.3. The highest BCUT2D eigenvalue weighted by Gasteiger charge is 2.19. The number of nitriles is 1. The van der Waals surface area contributed by atoms with Crippen molar-refractivity contribution in [1.82, 2.24) is 4.90 Å². The third kappa shape index (κ3) is 4.39. The first-order valence-electron chi connectivity index (χ1n) is 6.44. The second kappa shape index (κ2) is 7.29. The fourth-order valence-electron chi connectivity index (χ4n) is 1.83. The Morgan fingerprint density at radius 1 is 1.30 bits per heavy atom. The molecule has 0 bridgehead atoms. The summed E-state index contributed by atoms with van der Waals surface area (Å²) >= 11 is 0. The molecule has 1 aromatic carbocycles. The summed E-state index contributed by atoms with van der Waals surface area (Å²) < 4.78 is 0. The van der Waals surface area contributed by atoms with Crippen LogP contribution in [0.5, 0.6) is 0 Å². The maximum Gasteiger partial charge on any atom is 0.305 e. The molecule has 5 nitrogen and oxygen atoms in total. The minimum absolute atomic E-state index is 0.0689. The van der Waals surface area contributed by atoms with Crippen LogP contribution in [0.25, 0.3) is 0 Å². The maximum absolute atomic E-state index is 12.3. The summed E-state index contributed by atoms with van der Waals surface area (Å²) in [5.41, 5.74) is 1.36. The Morgan fingerprint density at radius 3 is 2.35 bits per heavy atom. The fourth-order valence-corrected chi connectivity index (χ4v) is 1.83. The van der Waals surface area contributed by atoms with E-state index in [1.807, 2.05) is 19.9 Å². The lowest BCUT2D eigenvalue weighted by Crippen LogP contribution is -2.38. The van der Waals surface area contributed by atoms with Crippen LogP contribution in [0.4, 0.5) is 0 Å². The van der Waals surface area contributed by atoms with Gasteiger partial charge in [0.05, 0.1) is 18.9 Å². The molecule has 0 saturated heterocycles. The highest BCUT2D eigenvalue weighted by molar-refractivity contribution is 5.94. The predicted molar refractivity (Wildman–Crippen MR) is 74.2 cm³/mol. The maximum atomic E-state index is 12.3. The van der Waals surface area contributed by atoms with Gasteiger partial charge in [0.2, 0.25) is 0 Å². The lowest BCUT2D eigenvalue weighted by atomic mass is 10.1. The molecule has 0 aliphatic carbocycles. The van der Waals surface area contributed by atoms with Crippen LogP contribution in [0, 0.1) is 11.3 Å². The van der Waals surface area contributed by atoms with Crippen molar-refractivity contribution in [3.8, 4) is 6.07 Å². The van der Waals surface area contributed by atoms with E-state index in [1.54, 1.807) is 24.3 Å². The van der Waals surface area contributed by atoms with Crippen molar-refractivity contribution in [2.24, 2.45) is 0 Å². The smallest absolute Gasteiger partial charge is 0.305 e. The summed E-state index contributed by atoms with van der Waals surface area (Å²) in [6.45, 7) is 3.89. The van der Waals surface area contributed by atoms with E-state index in [2.05, 4.69) is 0 Å². The van der Waals surface area contributed by atoms with Crippen LogP contribution in [-0.2, 0) is 11.2 Å². The molecule has 1 amide bonds. The highest BCUT2D eigenvalue weighted by atomic mass is 16.4. The molecular formula is C15H18N2O3. The molecule has 0 spiro atoms. The molecule has 1 aromatic rings. The molecule has 0 aromatic heterocycles. The van der Waals surface area contributed by atoms with Gasteiger partial charge in [-0.15, -0.1) is 0 Å². The highest BCUT2D eigenvalue weighted by Crippen LogP contribution is 2.11. The Bertz CT molecular complexity index is 515. The molecule has 0 atom stereocenters. The van der Waals surface area contributed by atoms with Gasteiger partial charge in [0, 0.05) is 18.2 Å². The van der Waals surface area contributed by atoms with Crippen LogP contribution < -0.4 is 0 Å². The average molecular weight is 274 g/mol. The first-order valence-corrected chi connectivity index (χ1v) is 6.44. The van der Waals surface area contributed by atoms with Gasteiger partial charge in [0.1, 0.15) is 0 Å². The van der Waals surface area contributed by atoms with E-state index >= 15 is 0 Å². The molecule has 0 saturated carbocycles. The zero-order valence-corrected chi connectivity index (χ0v) is 11.7. The molecule has 1 N–H and O–H groups in total. The third-order valence-corrected chi connectivity index (χ3v) is 2.93. The number of hydrogen-bond donors (Lipinski definition) is 1. The van der Waals surface area contributed by atoms with Crippen molar-refractivity contribution >= 4 is 11.9 Å². The summed E-state index contributed by atoms with van der Waals surface area (Å²) in [6.07, 6.45) is 0.234. The molecule has 0 fully saturated rings. The molecule has 0 radical (unpaired) electrons. The Labute approximate surface area is 118 Å². The zero-order valence-electron chi connectivity index (χ0n) is 11.7. The minimum Gasteiger partial charge on any atom is -0.481 e. The van der Waals surface area contributed by atoms with Crippen molar-refractivity contribution in [3.63, 3.8) is 0 Å². The van der Waals surface area contributed by atoms with Crippen molar-refractivity contribution in [2.75, 3.05) is 6.54 Å². The molecule has 0 heterocycles.